The molecule has 0 aliphatic carbocycles. The van der Waals surface area contributed by atoms with Crippen molar-refractivity contribution in [3.8, 4) is 5.75 Å². The van der Waals surface area contributed by atoms with Crippen molar-refractivity contribution < 1.29 is 14.2 Å². The van der Waals surface area contributed by atoms with Gasteiger partial charge in [-0.1, -0.05) is 12.1 Å². The summed E-state index contributed by atoms with van der Waals surface area (Å²) in [5.41, 5.74) is 1.21. The van der Waals surface area contributed by atoms with Gasteiger partial charge in [-0.2, -0.15) is 0 Å². The molecule has 0 aromatic heterocycles. The van der Waals surface area contributed by atoms with E-state index in [2.05, 4.69) is 13.0 Å². The van der Waals surface area contributed by atoms with E-state index in [1.54, 1.807) is 0 Å². The van der Waals surface area contributed by atoms with Crippen molar-refractivity contribution in [2.75, 3.05) is 19.8 Å². The molecule has 0 spiro atoms. The first-order valence-corrected chi connectivity index (χ1v) is 5.77. The highest BCUT2D eigenvalue weighted by Crippen LogP contribution is 2.14. The summed E-state index contributed by atoms with van der Waals surface area (Å²) in [5.74, 6) is 0.913. The van der Waals surface area contributed by atoms with Crippen LogP contribution in [0.25, 0.3) is 0 Å². The Hall–Kier alpha value is -1.06. The van der Waals surface area contributed by atoms with Gasteiger partial charge in [0.05, 0.1) is 19.8 Å². The van der Waals surface area contributed by atoms with Gasteiger partial charge in [0.1, 0.15) is 5.75 Å². The van der Waals surface area contributed by atoms with Crippen LogP contribution in [-0.2, 0) is 9.47 Å². The number of hydrogen-bond donors (Lipinski definition) is 0. The molecule has 1 aromatic carbocycles. The molecular weight excluding hydrogens is 204 g/mol. The van der Waals surface area contributed by atoms with Crippen LogP contribution >= 0.6 is 0 Å². The summed E-state index contributed by atoms with van der Waals surface area (Å²) in [4.78, 5) is 0. The van der Waals surface area contributed by atoms with E-state index in [1.807, 2.05) is 18.2 Å². The second-order valence-electron chi connectivity index (χ2n) is 3.98. The molecule has 0 unspecified atom stereocenters. The maximum atomic E-state index is 5.63. The molecule has 1 aliphatic heterocycles. The lowest BCUT2D eigenvalue weighted by molar-refractivity contribution is -0.183. The predicted molar refractivity (Wildman–Crippen MR) is 61.6 cm³/mol. The Labute approximate surface area is 96.3 Å². The van der Waals surface area contributed by atoms with Crippen LogP contribution in [0.1, 0.15) is 18.4 Å². The molecule has 1 fully saturated rings. The molecule has 3 nitrogen and oxygen atoms in total. The molecule has 3 heteroatoms. The Balaban J connectivity index is 1.71. The van der Waals surface area contributed by atoms with E-state index in [-0.39, 0.29) is 6.29 Å². The lowest BCUT2D eigenvalue weighted by Crippen LogP contribution is -2.26. The van der Waals surface area contributed by atoms with Crippen LogP contribution in [0.5, 0.6) is 5.75 Å². The first-order valence-electron chi connectivity index (χ1n) is 5.77. The number of ether oxygens (including phenoxy) is 3. The average Bonchev–Trinajstić information content (AvgIpc) is 2.30. The molecule has 2 rings (SSSR count). The molecule has 1 heterocycles. The molecule has 0 N–H and O–H groups in total. The largest absolute Gasteiger partial charge is 0.493 e. The average molecular weight is 222 g/mol. The fourth-order valence-corrected chi connectivity index (χ4v) is 1.68. The van der Waals surface area contributed by atoms with Gasteiger partial charge < -0.3 is 14.2 Å². The lowest BCUT2D eigenvalue weighted by Gasteiger charge is -2.23. The minimum Gasteiger partial charge on any atom is -0.493 e. The van der Waals surface area contributed by atoms with E-state index >= 15 is 0 Å². The van der Waals surface area contributed by atoms with Gasteiger partial charge in [0.15, 0.2) is 6.29 Å². The minimum absolute atomic E-state index is 0.0847. The van der Waals surface area contributed by atoms with Crippen LogP contribution in [0.3, 0.4) is 0 Å². The summed E-state index contributed by atoms with van der Waals surface area (Å²) in [5, 5.41) is 0. The summed E-state index contributed by atoms with van der Waals surface area (Å²) in [6.45, 7) is 4.29. The normalized spacial score (nSPS) is 17.3. The van der Waals surface area contributed by atoms with Crippen LogP contribution in [0.15, 0.2) is 24.3 Å². The van der Waals surface area contributed by atoms with E-state index in [4.69, 9.17) is 14.2 Å². The monoisotopic (exact) mass is 222 g/mol. The van der Waals surface area contributed by atoms with Crippen LogP contribution in [0.4, 0.5) is 0 Å². The number of rotatable bonds is 4. The summed E-state index contributed by atoms with van der Waals surface area (Å²) in [7, 11) is 0. The van der Waals surface area contributed by atoms with Gasteiger partial charge in [-0.25, -0.2) is 0 Å². The van der Waals surface area contributed by atoms with Crippen molar-refractivity contribution in [3.05, 3.63) is 29.8 Å². The van der Waals surface area contributed by atoms with Crippen molar-refractivity contribution in [1.82, 2.24) is 0 Å². The summed E-state index contributed by atoms with van der Waals surface area (Å²) >= 11 is 0. The standard InChI is InChI=1S/C13H18O3/c1-11-4-2-5-12(10-11)14-9-6-13-15-7-3-8-16-13/h2,4-5,10,13H,3,6-9H2,1H3. The van der Waals surface area contributed by atoms with Crippen molar-refractivity contribution in [2.45, 2.75) is 26.1 Å². The molecule has 16 heavy (non-hydrogen) atoms. The SMILES string of the molecule is Cc1cccc(OCCC2OCCCO2)c1. The molecule has 0 saturated carbocycles. The molecule has 1 aliphatic rings. The zero-order valence-electron chi connectivity index (χ0n) is 9.65. The third-order valence-electron chi connectivity index (χ3n) is 2.51. The summed E-state index contributed by atoms with van der Waals surface area (Å²) < 4.78 is 16.5. The highest BCUT2D eigenvalue weighted by Gasteiger charge is 2.13. The van der Waals surface area contributed by atoms with Crippen molar-refractivity contribution in [3.63, 3.8) is 0 Å². The third kappa shape index (κ3) is 3.51. The lowest BCUT2D eigenvalue weighted by atomic mass is 10.2. The highest BCUT2D eigenvalue weighted by atomic mass is 16.7. The minimum atomic E-state index is -0.0847. The fourth-order valence-electron chi connectivity index (χ4n) is 1.68. The third-order valence-corrected chi connectivity index (χ3v) is 2.51. The van der Waals surface area contributed by atoms with Gasteiger partial charge >= 0.3 is 0 Å². The first kappa shape index (κ1) is 11.4. The number of benzene rings is 1. The summed E-state index contributed by atoms with van der Waals surface area (Å²) in [6.07, 6.45) is 1.70. The quantitative estimate of drug-likeness (QED) is 0.783. The maximum Gasteiger partial charge on any atom is 0.160 e. The Bertz CT molecular complexity index is 319. The van der Waals surface area contributed by atoms with E-state index in [1.165, 1.54) is 5.56 Å². The van der Waals surface area contributed by atoms with E-state index in [0.29, 0.717) is 6.61 Å². The van der Waals surface area contributed by atoms with Crippen LogP contribution in [0, 0.1) is 6.92 Å². The van der Waals surface area contributed by atoms with Crippen LogP contribution in [0.2, 0.25) is 0 Å². The van der Waals surface area contributed by atoms with Gasteiger partial charge in [-0.05, 0) is 31.0 Å². The van der Waals surface area contributed by atoms with Crippen LogP contribution < -0.4 is 4.74 Å². The van der Waals surface area contributed by atoms with Crippen molar-refractivity contribution in [2.24, 2.45) is 0 Å². The molecule has 0 atom stereocenters. The van der Waals surface area contributed by atoms with Gasteiger partial charge in [-0.3, -0.25) is 0 Å². The van der Waals surface area contributed by atoms with Gasteiger partial charge in [0.2, 0.25) is 0 Å². The Kier molecular flexibility index (Phi) is 4.19. The van der Waals surface area contributed by atoms with E-state index in [9.17, 15) is 0 Å². The molecule has 0 bridgehead atoms. The molecule has 1 saturated heterocycles. The zero-order chi connectivity index (χ0) is 11.2. The number of aryl methyl sites for hydroxylation is 1. The van der Waals surface area contributed by atoms with E-state index < -0.39 is 0 Å². The second kappa shape index (κ2) is 5.87. The predicted octanol–water partition coefficient (Wildman–Crippen LogP) is 2.53. The van der Waals surface area contributed by atoms with Gasteiger partial charge in [-0.15, -0.1) is 0 Å². The van der Waals surface area contributed by atoms with Gasteiger partial charge in [0, 0.05) is 6.42 Å². The van der Waals surface area contributed by atoms with Crippen molar-refractivity contribution >= 4 is 0 Å². The topological polar surface area (TPSA) is 27.7 Å². The summed E-state index contributed by atoms with van der Waals surface area (Å²) in [6, 6.07) is 8.05. The molecular formula is C13H18O3. The Morgan fingerprint density at radius 2 is 2.12 bits per heavy atom. The molecule has 0 amide bonds. The molecule has 1 aromatic rings. The highest BCUT2D eigenvalue weighted by molar-refractivity contribution is 5.27. The maximum absolute atomic E-state index is 5.63. The van der Waals surface area contributed by atoms with Crippen LogP contribution in [-0.4, -0.2) is 26.1 Å². The second-order valence-corrected chi connectivity index (χ2v) is 3.98. The zero-order valence-corrected chi connectivity index (χ0v) is 9.65. The number of hydrogen-bond acceptors (Lipinski definition) is 3. The molecule has 0 radical (unpaired) electrons. The molecule has 88 valence electrons. The van der Waals surface area contributed by atoms with E-state index in [0.717, 1.165) is 31.8 Å². The van der Waals surface area contributed by atoms with Crippen molar-refractivity contribution in [1.29, 1.82) is 0 Å². The fraction of sp³-hybridized carbons (Fsp3) is 0.538. The van der Waals surface area contributed by atoms with Gasteiger partial charge in [0.25, 0.3) is 0 Å². The smallest absolute Gasteiger partial charge is 0.160 e. The Morgan fingerprint density at radius 3 is 2.88 bits per heavy atom. The Morgan fingerprint density at radius 1 is 1.31 bits per heavy atom. The first-order chi connectivity index (χ1) is 7.84.